The third kappa shape index (κ3) is 6.08. The number of aryl methyl sites for hydroxylation is 2. The smallest absolute Gasteiger partial charge is 0.262 e. The fraction of sp³-hybridized carbons (Fsp3) is 0.483. The number of rotatable bonds is 8. The molecular weight excluding hydrogens is 471 g/mol. The molecule has 196 valence electrons. The summed E-state index contributed by atoms with van der Waals surface area (Å²) in [6, 6.07) is 12.1. The summed E-state index contributed by atoms with van der Waals surface area (Å²) in [6.07, 6.45) is 2.31. The molecule has 2 heterocycles. The monoisotopic (exact) mass is 506 g/mol. The van der Waals surface area contributed by atoms with Crippen LogP contribution in [-0.2, 0) is 14.3 Å². The molecule has 0 bridgehead atoms. The minimum absolute atomic E-state index is 0.0128. The van der Waals surface area contributed by atoms with Gasteiger partial charge in [-0.05, 0) is 67.1 Å². The molecule has 0 radical (unpaired) electrons. The number of hydrogen-bond donors (Lipinski definition) is 0. The lowest BCUT2D eigenvalue weighted by Crippen LogP contribution is -2.47. The Morgan fingerprint density at radius 3 is 2.46 bits per heavy atom. The molecule has 2 amide bonds. The van der Waals surface area contributed by atoms with Crippen molar-refractivity contribution in [2.45, 2.75) is 39.2 Å². The van der Waals surface area contributed by atoms with Crippen molar-refractivity contribution in [2.75, 3.05) is 45.9 Å². The highest BCUT2D eigenvalue weighted by Crippen LogP contribution is 2.34. The first-order valence-electron chi connectivity index (χ1n) is 13.2. The second-order valence-corrected chi connectivity index (χ2v) is 10.3. The van der Waals surface area contributed by atoms with Crippen LogP contribution in [0.15, 0.2) is 47.6 Å². The summed E-state index contributed by atoms with van der Waals surface area (Å²) in [5, 5.41) is 6.29. The van der Waals surface area contributed by atoms with Gasteiger partial charge in [0, 0.05) is 38.5 Å². The third-order valence-corrected chi connectivity index (χ3v) is 7.62. The maximum Gasteiger partial charge on any atom is 0.262 e. The van der Waals surface area contributed by atoms with Gasteiger partial charge in [-0.15, -0.1) is 0 Å². The van der Waals surface area contributed by atoms with Crippen LogP contribution >= 0.6 is 0 Å². The Bertz CT molecular complexity index is 1170. The number of halogens is 1. The minimum Gasteiger partial charge on any atom is -0.379 e. The molecule has 2 aromatic carbocycles. The van der Waals surface area contributed by atoms with E-state index in [4.69, 9.17) is 9.84 Å². The van der Waals surface area contributed by atoms with Crippen molar-refractivity contribution in [1.29, 1.82) is 0 Å². The van der Waals surface area contributed by atoms with Crippen molar-refractivity contribution < 1.29 is 18.7 Å². The SMILES string of the molecule is Cc1ccc(C2=NN(C(=O)CN(CCN3CCOCC3)C(=O)C3CC3)C(c3ccc(F)cc3)C2)cc1C. The van der Waals surface area contributed by atoms with E-state index in [1.165, 1.54) is 22.7 Å². The lowest BCUT2D eigenvalue weighted by Gasteiger charge is -2.31. The maximum absolute atomic E-state index is 13.7. The highest BCUT2D eigenvalue weighted by molar-refractivity contribution is 6.03. The summed E-state index contributed by atoms with van der Waals surface area (Å²) in [5.41, 5.74) is 4.97. The number of carbonyl (C=O) groups is 2. The van der Waals surface area contributed by atoms with E-state index in [1.807, 2.05) is 6.07 Å². The van der Waals surface area contributed by atoms with Crippen LogP contribution in [0.2, 0.25) is 0 Å². The molecule has 1 unspecified atom stereocenters. The van der Waals surface area contributed by atoms with E-state index >= 15 is 0 Å². The Labute approximate surface area is 217 Å². The molecule has 0 N–H and O–H groups in total. The van der Waals surface area contributed by atoms with Crippen LogP contribution in [0.3, 0.4) is 0 Å². The molecule has 0 aromatic heterocycles. The van der Waals surface area contributed by atoms with Gasteiger partial charge in [-0.2, -0.15) is 5.10 Å². The maximum atomic E-state index is 13.7. The number of hydrazone groups is 1. The number of morpholine rings is 1. The Balaban J connectivity index is 1.37. The first-order chi connectivity index (χ1) is 17.9. The first kappa shape index (κ1) is 25.5. The second-order valence-electron chi connectivity index (χ2n) is 10.3. The first-order valence-corrected chi connectivity index (χ1v) is 13.2. The van der Waals surface area contributed by atoms with Crippen LogP contribution in [-0.4, -0.2) is 78.3 Å². The number of ether oxygens (including phenoxy) is 1. The van der Waals surface area contributed by atoms with Crippen LogP contribution in [0.1, 0.15) is 47.6 Å². The lowest BCUT2D eigenvalue weighted by atomic mass is 9.96. The van der Waals surface area contributed by atoms with Crippen LogP contribution in [0.4, 0.5) is 4.39 Å². The predicted octanol–water partition coefficient (Wildman–Crippen LogP) is 3.69. The number of nitrogens with zero attached hydrogens (tertiary/aromatic N) is 4. The molecular formula is C29H35FN4O3. The number of hydrogen-bond acceptors (Lipinski definition) is 5. The summed E-state index contributed by atoms with van der Waals surface area (Å²) in [7, 11) is 0. The van der Waals surface area contributed by atoms with Crippen molar-refractivity contribution in [3.63, 3.8) is 0 Å². The molecule has 7 nitrogen and oxygen atoms in total. The van der Waals surface area contributed by atoms with E-state index in [-0.39, 0.29) is 36.1 Å². The summed E-state index contributed by atoms with van der Waals surface area (Å²) in [5.74, 6) is -0.459. The van der Waals surface area contributed by atoms with E-state index in [1.54, 1.807) is 17.0 Å². The molecule has 1 saturated heterocycles. The van der Waals surface area contributed by atoms with E-state index in [9.17, 15) is 14.0 Å². The van der Waals surface area contributed by atoms with Gasteiger partial charge in [-0.3, -0.25) is 14.5 Å². The number of amides is 2. The van der Waals surface area contributed by atoms with Gasteiger partial charge < -0.3 is 9.64 Å². The molecule has 1 saturated carbocycles. The van der Waals surface area contributed by atoms with Crippen LogP contribution in [0, 0.1) is 25.6 Å². The van der Waals surface area contributed by atoms with Crippen LogP contribution in [0.25, 0.3) is 0 Å². The quantitative estimate of drug-likeness (QED) is 0.548. The summed E-state index contributed by atoms with van der Waals surface area (Å²) >= 11 is 0. The molecule has 2 aromatic rings. The Morgan fingerprint density at radius 2 is 1.78 bits per heavy atom. The predicted molar refractivity (Wildman–Crippen MR) is 140 cm³/mol. The highest BCUT2D eigenvalue weighted by atomic mass is 19.1. The number of benzene rings is 2. The zero-order valence-electron chi connectivity index (χ0n) is 21.7. The molecule has 0 spiro atoms. The van der Waals surface area contributed by atoms with Crippen molar-refractivity contribution >= 4 is 17.5 Å². The Hall–Kier alpha value is -3.10. The van der Waals surface area contributed by atoms with Crippen LogP contribution in [0.5, 0.6) is 0 Å². The minimum atomic E-state index is -0.346. The highest BCUT2D eigenvalue weighted by Gasteiger charge is 2.38. The summed E-state index contributed by atoms with van der Waals surface area (Å²) < 4.78 is 19.1. The molecule has 2 fully saturated rings. The molecule has 37 heavy (non-hydrogen) atoms. The van der Waals surface area contributed by atoms with Gasteiger partial charge in [-0.1, -0.05) is 24.3 Å². The Morgan fingerprint density at radius 1 is 1.05 bits per heavy atom. The molecule has 8 heteroatoms. The molecule has 2 aliphatic heterocycles. The molecule has 3 aliphatic rings. The van der Waals surface area contributed by atoms with Crippen molar-refractivity contribution in [2.24, 2.45) is 11.0 Å². The van der Waals surface area contributed by atoms with Gasteiger partial charge in [0.15, 0.2) is 0 Å². The summed E-state index contributed by atoms with van der Waals surface area (Å²) in [6.45, 7) is 8.39. The van der Waals surface area contributed by atoms with E-state index in [2.05, 4.69) is 30.9 Å². The van der Waals surface area contributed by atoms with Gasteiger partial charge in [0.2, 0.25) is 5.91 Å². The van der Waals surface area contributed by atoms with Crippen molar-refractivity contribution in [1.82, 2.24) is 14.8 Å². The standard InChI is InChI=1S/C29H35FN4O3/c1-20-3-4-24(17-21(20)2)26-18-27(22-7-9-25(30)10-8-22)34(31-26)28(35)19-33(29(36)23-5-6-23)12-11-32-13-15-37-16-14-32/h3-4,7-10,17,23,27H,5-6,11-16,18-19H2,1-2H3. The number of carbonyl (C=O) groups excluding carboxylic acids is 2. The molecule has 5 rings (SSSR count). The normalized spacial score (nSPS) is 20.1. The van der Waals surface area contributed by atoms with E-state index in [0.717, 1.165) is 48.3 Å². The fourth-order valence-electron chi connectivity index (χ4n) is 4.96. The van der Waals surface area contributed by atoms with Gasteiger partial charge in [0.1, 0.15) is 12.4 Å². The van der Waals surface area contributed by atoms with Gasteiger partial charge in [0.05, 0.1) is 25.0 Å². The van der Waals surface area contributed by atoms with Gasteiger partial charge in [-0.25, -0.2) is 9.40 Å². The zero-order chi connectivity index (χ0) is 25.9. The second kappa shape index (κ2) is 11.1. The summed E-state index contributed by atoms with van der Waals surface area (Å²) in [4.78, 5) is 30.8. The van der Waals surface area contributed by atoms with Crippen molar-refractivity contribution in [3.8, 4) is 0 Å². The largest absolute Gasteiger partial charge is 0.379 e. The van der Waals surface area contributed by atoms with Crippen molar-refractivity contribution in [3.05, 3.63) is 70.5 Å². The van der Waals surface area contributed by atoms with E-state index in [0.29, 0.717) is 32.7 Å². The zero-order valence-corrected chi connectivity index (χ0v) is 21.7. The third-order valence-electron chi connectivity index (χ3n) is 7.62. The van der Waals surface area contributed by atoms with Gasteiger partial charge in [0.25, 0.3) is 5.91 Å². The molecule has 1 aliphatic carbocycles. The van der Waals surface area contributed by atoms with Crippen LogP contribution < -0.4 is 0 Å². The Kier molecular flexibility index (Phi) is 7.67. The lowest BCUT2D eigenvalue weighted by molar-refractivity contribution is -0.142. The average Bonchev–Trinajstić information content (AvgIpc) is 3.67. The topological polar surface area (TPSA) is 65.5 Å². The average molecular weight is 507 g/mol. The van der Waals surface area contributed by atoms with Gasteiger partial charge >= 0.3 is 0 Å². The van der Waals surface area contributed by atoms with E-state index < -0.39 is 0 Å². The fourth-order valence-corrected chi connectivity index (χ4v) is 4.96. The molecule has 1 atom stereocenters.